The molecule has 1 saturated heterocycles. The van der Waals surface area contributed by atoms with Gasteiger partial charge in [-0.25, -0.2) is 0 Å². The van der Waals surface area contributed by atoms with E-state index in [9.17, 15) is 9.36 Å². The van der Waals surface area contributed by atoms with Gasteiger partial charge in [-0.15, -0.1) is 0 Å². The van der Waals surface area contributed by atoms with Crippen molar-refractivity contribution in [2.45, 2.75) is 13.8 Å². The van der Waals surface area contributed by atoms with Crippen molar-refractivity contribution < 1.29 is 28.0 Å². The number of carbonyl (C=O) groups is 1. The highest BCUT2D eigenvalue weighted by molar-refractivity contribution is 7.58. The first-order valence-corrected chi connectivity index (χ1v) is 10.5. The molecule has 1 aromatic carbocycles. The number of amides is 1. The van der Waals surface area contributed by atoms with Crippen molar-refractivity contribution in [3.05, 3.63) is 46.5 Å². The number of rotatable bonds is 8. The highest BCUT2D eigenvalue weighted by Crippen LogP contribution is 2.54. The molecular weight excluding hydrogens is 379 g/mol. The molecule has 2 N–H and O–H groups in total. The first kappa shape index (κ1) is 21.1. The summed E-state index contributed by atoms with van der Waals surface area (Å²) in [6.07, 6.45) is 1.71. The van der Waals surface area contributed by atoms with Crippen molar-refractivity contribution in [1.29, 1.82) is 0 Å². The van der Waals surface area contributed by atoms with E-state index in [1.165, 1.54) is 0 Å². The first-order valence-electron chi connectivity index (χ1n) is 8.59. The Morgan fingerprint density at radius 3 is 2.35 bits per heavy atom. The molecule has 1 amide bonds. The van der Waals surface area contributed by atoms with Crippen molar-refractivity contribution >= 4 is 25.1 Å². The Kier molecular flexibility index (Phi) is 8.28. The molecule has 0 atom stereocenters. The lowest BCUT2D eigenvalue weighted by atomic mass is 10.2. The fraction of sp³-hybridized carbons (Fsp3) is 0.471. The lowest BCUT2D eigenvalue weighted by Crippen LogP contribution is -3.10. The number of ether oxygens (including phenoxy) is 1. The van der Waals surface area contributed by atoms with Gasteiger partial charge in [0, 0.05) is 10.6 Å². The molecule has 1 heterocycles. The Hall–Kier alpha value is -1.21. The van der Waals surface area contributed by atoms with E-state index in [0.29, 0.717) is 36.9 Å². The molecule has 1 aliphatic heterocycles. The van der Waals surface area contributed by atoms with Crippen LogP contribution in [0.1, 0.15) is 24.2 Å². The third-order valence-electron chi connectivity index (χ3n) is 3.72. The number of hydrogen-bond donors (Lipinski definition) is 2. The van der Waals surface area contributed by atoms with Gasteiger partial charge in [0.1, 0.15) is 19.3 Å². The molecule has 0 spiro atoms. The molecule has 0 aromatic heterocycles. The fourth-order valence-corrected chi connectivity index (χ4v) is 4.20. The number of hydrogen-bond acceptors (Lipinski definition) is 5. The number of halogens is 1. The molecule has 0 unspecified atom stereocenters. The van der Waals surface area contributed by atoms with Gasteiger partial charge in [-0.05, 0) is 38.1 Å². The second-order valence-electron chi connectivity index (χ2n) is 5.59. The second kappa shape index (κ2) is 10.2. The number of carbonyl (C=O) groups excluding carboxylic acids is 1. The van der Waals surface area contributed by atoms with Crippen LogP contribution in [0.3, 0.4) is 0 Å². The van der Waals surface area contributed by atoms with Crippen LogP contribution in [0.2, 0.25) is 5.02 Å². The first-order chi connectivity index (χ1) is 12.5. The smallest absolute Gasteiger partial charge is 0.370 e. The van der Waals surface area contributed by atoms with Crippen molar-refractivity contribution in [3.63, 3.8) is 0 Å². The monoisotopic (exact) mass is 403 g/mol. The van der Waals surface area contributed by atoms with Crippen LogP contribution in [0.15, 0.2) is 35.9 Å². The van der Waals surface area contributed by atoms with E-state index in [1.54, 1.807) is 44.3 Å². The third-order valence-corrected chi connectivity index (χ3v) is 6.00. The summed E-state index contributed by atoms with van der Waals surface area (Å²) in [5.41, 5.74) is 0.551. The van der Waals surface area contributed by atoms with E-state index in [0.717, 1.165) is 4.90 Å². The maximum absolute atomic E-state index is 13.2. The van der Waals surface area contributed by atoms with E-state index in [4.69, 9.17) is 25.4 Å². The van der Waals surface area contributed by atoms with Crippen LogP contribution >= 0.6 is 19.2 Å². The molecule has 1 aromatic rings. The van der Waals surface area contributed by atoms with Crippen molar-refractivity contribution in [2.24, 2.45) is 0 Å². The Morgan fingerprint density at radius 1 is 1.23 bits per heavy atom. The van der Waals surface area contributed by atoms with Crippen LogP contribution in [-0.2, 0) is 18.3 Å². The summed E-state index contributed by atoms with van der Waals surface area (Å²) in [4.78, 5) is 13.6. The molecule has 9 heteroatoms. The van der Waals surface area contributed by atoms with Crippen LogP contribution in [0.5, 0.6) is 0 Å². The van der Waals surface area contributed by atoms with Crippen LogP contribution in [0.4, 0.5) is 0 Å². The minimum Gasteiger partial charge on any atom is -0.370 e. The standard InChI is InChI=1S/C17H24ClN2O5P/c1-3-24-26(22,25-4-2)16(13-20-9-11-23-12-10-20)19-17(21)14-5-7-15(18)8-6-14/h5-8,13H,3-4,9-12H2,1-2H3,(H,19,21)/p+1/b16-13-. The van der Waals surface area contributed by atoms with Crippen molar-refractivity contribution in [2.75, 3.05) is 39.5 Å². The zero-order valence-corrected chi connectivity index (χ0v) is 16.6. The SMILES string of the molecule is CCOP(=O)(OCC)/C(=C\[NH+]1CCOCC1)NC(=O)c1ccc(Cl)cc1. The van der Waals surface area contributed by atoms with Crippen molar-refractivity contribution in [3.8, 4) is 0 Å². The Balaban J connectivity index is 2.29. The molecule has 1 fully saturated rings. The van der Waals surface area contributed by atoms with Gasteiger partial charge in [-0.2, -0.15) is 0 Å². The average molecular weight is 404 g/mol. The zero-order valence-electron chi connectivity index (χ0n) is 15.0. The van der Waals surface area contributed by atoms with Crippen LogP contribution in [0, 0.1) is 0 Å². The average Bonchev–Trinajstić information content (AvgIpc) is 2.63. The quantitative estimate of drug-likeness (QED) is 0.649. The van der Waals surface area contributed by atoms with Crippen molar-refractivity contribution in [1.82, 2.24) is 5.32 Å². The van der Waals surface area contributed by atoms with Gasteiger partial charge in [0.25, 0.3) is 5.91 Å². The highest BCUT2D eigenvalue weighted by atomic mass is 35.5. The lowest BCUT2D eigenvalue weighted by Gasteiger charge is -2.24. The molecule has 7 nitrogen and oxygen atoms in total. The fourth-order valence-electron chi connectivity index (χ4n) is 2.46. The highest BCUT2D eigenvalue weighted by Gasteiger charge is 2.34. The van der Waals surface area contributed by atoms with E-state index in [2.05, 4.69) is 5.32 Å². The molecule has 1 aliphatic rings. The van der Waals surface area contributed by atoms with Crippen LogP contribution < -0.4 is 10.2 Å². The summed E-state index contributed by atoms with van der Waals surface area (Å²) in [6, 6.07) is 6.45. The van der Waals surface area contributed by atoms with Gasteiger partial charge >= 0.3 is 7.60 Å². The van der Waals surface area contributed by atoms with E-state index in [-0.39, 0.29) is 18.7 Å². The molecule has 144 valence electrons. The van der Waals surface area contributed by atoms with Crippen LogP contribution in [0.25, 0.3) is 0 Å². The summed E-state index contributed by atoms with van der Waals surface area (Å²) < 4.78 is 29.4. The van der Waals surface area contributed by atoms with E-state index in [1.807, 2.05) is 0 Å². The molecular formula is C17H25ClN2O5P+. The molecule has 2 rings (SSSR count). The molecule has 26 heavy (non-hydrogen) atoms. The summed E-state index contributed by atoms with van der Waals surface area (Å²) in [5.74, 6) is -0.403. The van der Waals surface area contributed by atoms with Gasteiger partial charge in [0.05, 0.1) is 26.4 Å². The van der Waals surface area contributed by atoms with E-state index >= 15 is 0 Å². The Labute approximate surface area is 158 Å². The summed E-state index contributed by atoms with van der Waals surface area (Å²) in [6.45, 7) is 6.46. The van der Waals surface area contributed by atoms with E-state index < -0.39 is 13.5 Å². The predicted molar refractivity (Wildman–Crippen MR) is 99.4 cm³/mol. The largest absolute Gasteiger partial charge is 0.382 e. The van der Waals surface area contributed by atoms with Gasteiger partial charge in [-0.1, -0.05) is 11.6 Å². The number of quaternary nitrogens is 1. The second-order valence-corrected chi connectivity index (χ2v) is 8.02. The number of morpholine rings is 1. The zero-order chi connectivity index (χ0) is 19.0. The summed E-state index contributed by atoms with van der Waals surface area (Å²) in [7, 11) is -3.64. The summed E-state index contributed by atoms with van der Waals surface area (Å²) in [5, 5.41) is 3.25. The van der Waals surface area contributed by atoms with Crippen LogP contribution in [-0.4, -0.2) is 45.4 Å². The summed E-state index contributed by atoms with van der Waals surface area (Å²) >= 11 is 5.86. The minimum atomic E-state index is -3.64. The van der Waals surface area contributed by atoms with Gasteiger partial charge in [-0.3, -0.25) is 9.36 Å². The number of nitrogens with one attached hydrogen (secondary N) is 2. The lowest BCUT2D eigenvalue weighted by molar-refractivity contribution is -0.856. The van der Waals surface area contributed by atoms with Gasteiger partial charge < -0.3 is 24.0 Å². The topological polar surface area (TPSA) is 78.3 Å². The Bertz CT molecular complexity index is 664. The minimum absolute atomic E-state index is 0.151. The maximum atomic E-state index is 13.2. The molecule has 0 aliphatic carbocycles. The molecule has 0 bridgehead atoms. The maximum Gasteiger partial charge on any atom is 0.382 e. The normalized spacial score (nSPS) is 16.5. The molecule has 0 saturated carbocycles. The third kappa shape index (κ3) is 5.91. The van der Waals surface area contributed by atoms with Gasteiger partial charge in [0.15, 0.2) is 5.44 Å². The number of benzene rings is 1. The molecule has 0 radical (unpaired) electrons. The predicted octanol–water partition coefficient (Wildman–Crippen LogP) is 2.05. The van der Waals surface area contributed by atoms with Gasteiger partial charge in [0.2, 0.25) is 0 Å². The Morgan fingerprint density at radius 2 is 1.81 bits per heavy atom.